The molecular formula is C16H13ClFN3O2S. The Hall–Kier alpha value is -2.12. The second-order valence-electron chi connectivity index (χ2n) is 5.17. The van der Waals surface area contributed by atoms with E-state index in [1.165, 1.54) is 30.0 Å². The van der Waals surface area contributed by atoms with Crippen molar-refractivity contribution in [2.75, 3.05) is 11.1 Å². The minimum Gasteiger partial charge on any atom is -0.310 e. The lowest BCUT2D eigenvalue weighted by atomic mass is 9.86. The quantitative estimate of drug-likeness (QED) is 0.495. The molecule has 3 rings (SSSR count). The number of thioether (sulfide) groups is 1. The molecule has 0 radical (unpaired) electrons. The molecule has 24 heavy (non-hydrogen) atoms. The molecule has 0 spiro atoms. The molecule has 0 saturated heterocycles. The van der Waals surface area contributed by atoms with E-state index in [1.807, 2.05) is 0 Å². The van der Waals surface area contributed by atoms with Crippen molar-refractivity contribution in [2.24, 2.45) is 0 Å². The summed E-state index contributed by atoms with van der Waals surface area (Å²) < 4.78 is 14.3. The smallest absolute Gasteiger partial charge is 0.257 e. The molecule has 0 bridgehead atoms. The minimum atomic E-state index is -0.780. The number of benzene rings is 1. The predicted octanol–water partition coefficient (Wildman–Crippen LogP) is 3.31. The number of H-pyrrole nitrogens is 1. The Kier molecular flexibility index (Phi) is 4.73. The fraction of sp³-hybridized carbons (Fsp3) is 0.188. The molecule has 0 saturated carbocycles. The van der Waals surface area contributed by atoms with Crippen LogP contribution in [0.15, 0.2) is 40.8 Å². The topological polar surface area (TPSA) is 74.8 Å². The molecule has 1 aromatic carbocycles. The largest absolute Gasteiger partial charge is 0.310 e. The number of carbonyl (C=O) groups is 1. The van der Waals surface area contributed by atoms with Crippen LogP contribution in [0.1, 0.15) is 23.5 Å². The molecule has 1 aliphatic rings. The third-order valence-electron chi connectivity index (χ3n) is 3.62. The zero-order valence-corrected chi connectivity index (χ0v) is 14.0. The maximum Gasteiger partial charge on any atom is 0.257 e. The molecule has 1 aromatic heterocycles. The van der Waals surface area contributed by atoms with Crippen LogP contribution >= 0.6 is 23.4 Å². The Balaban J connectivity index is 2.15. The molecule has 5 nitrogen and oxygen atoms in total. The molecule has 0 fully saturated rings. The molecule has 2 heterocycles. The van der Waals surface area contributed by atoms with Crippen LogP contribution in [0.4, 0.5) is 10.2 Å². The Labute approximate surface area is 146 Å². The van der Waals surface area contributed by atoms with Crippen molar-refractivity contribution < 1.29 is 9.18 Å². The van der Waals surface area contributed by atoms with Gasteiger partial charge in [0.15, 0.2) is 5.16 Å². The number of aromatic nitrogens is 2. The van der Waals surface area contributed by atoms with Crippen molar-refractivity contribution in [1.29, 1.82) is 0 Å². The van der Waals surface area contributed by atoms with Crippen LogP contribution < -0.4 is 10.9 Å². The van der Waals surface area contributed by atoms with Crippen molar-refractivity contribution in [1.82, 2.24) is 9.97 Å². The van der Waals surface area contributed by atoms with Gasteiger partial charge < -0.3 is 10.3 Å². The van der Waals surface area contributed by atoms with Gasteiger partial charge in [-0.3, -0.25) is 9.59 Å². The number of rotatable bonds is 4. The first kappa shape index (κ1) is 16.7. The molecule has 1 atom stereocenters. The second kappa shape index (κ2) is 6.78. The molecule has 0 aliphatic carbocycles. The van der Waals surface area contributed by atoms with Crippen molar-refractivity contribution in [3.63, 3.8) is 0 Å². The number of nitrogens with one attached hydrogen (secondary N) is 2. The van der Waals surface area contributed by atoms with E-state index in [9.17, 15) is 14.0 Å². The summed E-state index contributed by atoms with van der Waals surface area (Å²) in [6.45, 7) is 3.60. The van der Waals surface area contributed by atoms with Gasteiger partial charge in [-0.05, 0) is 12.1 Å². The van der Waals surface area contributed by atoms with Crippen molar-refractivity contribution >= 4 is 35.1 Å². The summed E-state index contributed by atoms with van der Waals surface area (Å²) in [5.74, 6) is -0.983. The van der Waals surface area contributed by atoms with Crippen LogP contribution in [0, 0.1) is 5.82 Å². The molecule has 0 unspecified atom stereocenters. The minimum absolute atomic E-state index is 0.0719. The maximum atomic E-state index is 14.3. The lowest BCUT2D eigenvalue weighted by Crippen LogP contribution is -2.31. The average Bonchev–Trinajstić information content (AvgIpc) is 2.52. The van der Waals surface area contributed by atoms with Crippen LogP contribution in [0.5, 0.6) is 0 Å². The van der Waals surface area contributed by atoms with Crippen LogP contribution in [0.2, 0.25) is 5.02 Å². The van der Waals surface area contributed by atoms with Crippen molar-refractivity contribution in [2.45, 2.75) is 17.5 Å². The third kappa shape index (κ3) is 3.09. The third-order valence-corrected chi connectivity index (χ3v) is 4.81. The van der Waals surface area contributed by atoms with Gasteiger partial charge in [0.2, 0.25) is 5.91 Å². The Morgan fingerprint density at radius 2 is 2.21 bits per heavy atom. The Morgan fingerprint density at radius 1 is 1.42 bits per heavy atom. The van der Waals surface area contributed by atoms with Gasteiger partial charge in [0.1, 0.15) is 11.6 Å². The van der Waals surface area contributed by atoms with E-state index in [2.05, 4.69) is 21.9 Å². The molecular weight excluding hydrogens is 353 g/mol. The van der Waals surface area contributed by atoms with E-state index >= 15 is 0 Å². The molecule has 124 valence electrons. The fourth-order valence-electron chi connectivity index (χ4n) is 2.65. The number of carbonyl (C=O) groups excluding carboxylic acids is 1. The molecule has 1 amide bonds. The highest BCUT2D eigenvalue weighted by atomic mass is 35.5. The van der Waals surface area contributed by atoms with E-state index in [0.717, 1.165) is 0 Å². The van der Waals surface area contributed by atoms with Gasteiger partial charge in [-0.25, -0.2) is 9.37 Å². The van der Waals surface area contributed by atoms with Gasteiger partial charge in [0, 0.05) is 28.7 Å². The number of fused-ring (bicyclic) bond motifs is 1. The van der Waals surface area contributed by atoms with Crippen molar-refractivity contribution in [3.05, 3.63) is 63.2 Å². The normalized spacial score (nSPS) is 16.4. The number of nitrogens with zero attached hydrogens (tertiary/aromatic N) is 1. The summed E-state index contributed by atoms with van der Waals surface area (Å²) in [4.78, 5) is 31.4. The summed E-state index contributed by atoms with van der Waals surface area (Å²) in [6, 6.07) is 4.26. The van der Waals surface area contributed by atoms with E-state index in [0.29, 0.717) is 10.9 Å². The summed E-state index contributed by atoms with van der Waals surface area (Å²) in [5, 5.41) is 3.11. The first-order valence-corrected chi connectivity index (χ1v) is 8.49. The number of hydrogen-bond acceptors (Lipinski definition) is 4. The maximum absolute atomic E-state index is 14.3. The van der Waals surface area contributed by atoms with Crippen LogP contribution in [-0.4, -0.2) is 21.6 Å². The second-order valence-corrected chi connectivity index (χ2v) is 6.59. The summed E-state index contributed by atoms with van der Waals surface area (Å²) in [6.07, 6.45) is 1.60. The van der Waals surface area contributed by atoms with Gasteiger partial charge in [-0.15, -0.1) is 6.58 Å². The van der Waals surface area contributed by atoms with Gasteiger partial charge >= 0.3 is 0 Å². The zero-order chi connectivity index (χ0) is 17.3. The first-order chi connectivity index (χ1) is 11.5. The number of halogens is 2. The summed E-state index contributed by atoms with van der Waals surface area (Å²) in [5.41, 5.74) is -0.0745. The zero-order valence-electron chi connectivity index (χ0n) is 12.4. The fourth-order valence-corrected chi connectivity index (χ4v) is 3.54. The SMILES string of the molecule is C=CCSc1nc2c(c(=O)[nH]1)[C@H](c1c(F)cccc1Cl)CC(=O)N2. The van der Waals surface area contributed by atoms with E-state index in [1.54, 1.807) is 6.08 Å². The van der Waals surface area contributed by atoms with Gasteiger partial charge in [0.25, 0.3) is 5.56 Å². The van der Waals surface area contributed by atoms with Crippen LogP contribution in [0.25, 0.3) is 0 Å². The molecule has 2 N–H and O–H groups in total. The lowest BCUT2D eigenvalue weighted by molar-refractivity contribution is -0.116. The van der Waals surface area contributed by atoms with Crippen LogP contribution in [0.3, 0.4) is 0 Å². The van der Waals surface area contributed by atoms with Gasteiger partial charge in [-0.2, -0.15) is 0 Å². The first-order valence-electron chi connectivity index (χ1n) is 7.13. The summed E-state index contributed by atoms with van der Waals surface area (Å²) >= 11 is 7.39. The number of amides is 1. The number of aromatic amines is 1. The Morgan fingerprint density at radius 3 is 2.92 bits per heavy atom. The summed E-state index contributed by atoms with van der Waals surface area (Å²) in [7, 11) is 0. The van der Waals surface area contributed by atoms with E-state index in [4.69, 9.17) is 11.6 Å². The predicted molar refractivity (Wildman–Crippen MR) is 92.3 cm³/mol. The molecule has 1 aliphatic heterocycles. The highest BCUT2D eigenvalue weighted by Crippen LogP contribution is 2.38. The average molecular weight is 366 g/mol. The van der Waals surface area contributed by atoms with Crippen molar-refractivity contribution in [3.8, 4) is 0 Å². The highest BCUT2D eigenvalue weighted by molar-refractivity contribution is 7.99. The highest BCUT2D eigenvalue weighted by Gasteiger charge is 2.33. The van der Waals surface area contributed by atoms with E-state index < -0.39 is 17.3 Å². The molecule has 2 aromatic rings. The van der Waals surface area contributed by atoms with Gasteiger partial charge in [0.05, 0.1) is 5.56 Å². The lowest BCUT2D eigenvalue weighted by Gasteiger charge is -2.25. The molecule has 8 heteroatoms. The number of anilines is 1. The van der Waals surface area contributed by atoms with Crippen LogP contribution in [-0.2, 0) is 4.79 Å². The monoisotopic (exact) mass is 365 g/mol. The Bertz CT molecular complexity index is 864. The van der Waals surface area contributed by atoms with Gasteiger partial charge in [-0.1, -0.05) is 35.5 Å². The standard InChI is InChI=1S/C16H13ClFN3O2S/c1-2-6-24-16-20-14-13(15(23)21-16)8(7-11(22)19-14)12-9(17)4-3-5-10(12)18/h2-5,8H,1,6-7H2,(H2,19,20,21,22,23)/t8-/m0/s1. The number of hydrogen-bond donors (Lipinski definition) is 2. The van der Waals surface area contributed by atoms with E-state index in [-0.39, 0.29) is 34.3 Å².